The Labute approximate surface area is 103 Å². The number of carboxylic acid groups (broad SMARTS) is 1. The van der Waals surface area contributed by atoms with Crippen LogP contribution in [0.4, 0.5) is 0 Å². The van der Waals surface area contributed by atoms with Crippen LogP contribution in [0.2, 0.25) is 0 Å². The molecule has 0 saturated carbocycles. The Morgan fingerprint density at radius 2 is 2.11 bits per heavy atom. The predicted molar refractivity (Wildman–Crippen MR) is 65.3 cm³/mol. The Kier molecular flexibility index (Phi) is 3.57. The zero-order chi connectivity index (χ0) is 13.0. The molecule has 1 amide bonds. The zero-order valence-electron chi connectivity index (χ0n) is 9.64. The molecule has 0 radical (unpaired) electrons. The number of para-hydroxylation sites is 2. The third kappa shape index (κ3) is 2.85. The van der Waals surface area contributed by atoms with Crippen molar-refractivity contribution >= 4 is 22.9 Å². The highest BCUT2D eigenvalue weighted by Gasteiger charge is 2.10. The monoisotopic (exact) mass is 247 g/mol. The van der Waals surface area contributed by atoms with E-state index < -0.39 is 5.97 Å². The minimum absolute atomic E-state index is 0.0421. The Hall–Kier alpha value is -2.37. The van der Waals surface area contributed by atoms with Crippen molar-refractivity contribution in [3.05, 3.63) is 30.1 Å². The molecule has 0 atom stereocenters. The lowest BCUT2D eigenvalue weighted by Crippen LogP contribution is -2.25. The third-order valence-corrected chi connectivity index (χ3v) is 2.46. The van der Waals surface area contributed by atoms with Gasteiger partial charge in [-0.25, -0.2) is 4.98 Å². The maximum atomic E-state index is 11.7. The Morgan fingerprint density at radius 3 is 2.83 bits per heavy atom. The molecule has 1 aromatic carbocycles. The van der Waals surface area contributed by atoms with Crippen LogP contribution in [0.5, 0.6) is 0 Å². The maximum Gasteiger partial charge on any atom is 0.303 e. The van der Waals surface area contributed by atoms with Gasteiger partial charge in [-0.1, -0.05) is 12.1 Å². The molecule has 0 unspecified atom stereocenters. The van der Waals surface area contributed by atoms with Crippen LogP contribution in [0.1, 0.15) is 23.5 Å². The number of hydrogen-bond acceptors (Lipinski definition) is 3. The van der Waals surface area contributed by atoms with Crippen LogP contribution in [0.3, 0.4) is 0 Å². The number of aromatic nitrogens is 2. The summed E-state index contributed by atoms with van der Waals surface area (Å²) >= 11 is 0. The molecule has 3 N–H and O–H groups in total. The van der Waals surface area contributed by atoms with E-state index in [1.807, 2.05) is 24.3 Å². The normalized spacial score (nSPS) is 10.4. The van der Waals surface area contributed by atoms with Crippen molar-refractivity contribution in [2.45, 2.75) is 12.8 Å². The topological polar surface area (TPSA) is 95.1 Å². The van der Waals surface area contributed by atoms with Gasteiger partial charge in [0.1, 0.15) is 0 Å². The number of fused-ring (bicyclic) bond motifs is 1. The molecule has 2 aromatic rings. The van der Waals surface area contributed by atoms with Crippen LogP contribution in [-0.4, -0.2) is 33.5 Å². The quantitative estimate of drug-likeness (QED) is 0.691. The molecule has 94 valence electrons. The smallest absolute Gasteiger partial charge is 0.303 e. The van der Waals surface area contributed by atoms with Crippen LogP contribution >= 0.6 is 0 Å². The summed E-state index contributed by atoms with van der Waals surface area (Å²) in [6.07, 6.45) is 0.446. The van der Waals surface area contributed by atoms with Crippen LogP contribution < -0.4 is 5.32 Å². The Bertz CT molecular complexity index is 544. The first-order valence-electron chi connectivity index (χ1n) is 5.61. The molecule has 2 rings (SSSR count). The molecule has 0 aliphatic rings. The number of H-pyrrole nitrogens is 1. The first-order chi connectivity index (χ1) is 8.66. The summed E-state index contributed by atoms with van der Waals surface area (Å²) in [5.74, 6) is -0.948. The van der Waals surface area contributed by atoms with Crippen LogP contribution in [0.25, 0.3) is 11.0 Å². The van der Waals surface area contributed by atoms with Gasteiger partial charge >= 0.3 is 5.97 Å². The van der Waals surface area contributed by atoms with E-state index in [-0.39, 0.29) is 18.2 Å². The fraction of sp³-hybridized carbons (Fsp3) is 0.250. The summed E-state index contributed by atoms with van der Waals surface area (Å²) in [6, 6.07) is 7.35. The number of nitrogens with one attached hydrogen (secondary N) is 2. The molecule has 0 aliphatic heterocycles. The number of nitrogens with zero attached hydrogens (tertiary/aromatic N) is 1. The summed E-state index contributed by atoms with van der Waals surface area (Å²) in [6.45, 7) is 0.322. The average Bonchev–Trinajstić information content (AvgIpc) is 2.78. The van der Waals surface area contributed by atoms with Crippen molar-refractivity contribution in [3.8, 4) is 0 Å². The first kappa shape index (κ1) is 12.1. The number of hydrogen-bond donors (Lipinski definition) is 3. The van der Waals surface area contributed by atoms with Crippen molar-refractivity contribution in [2.75, 3.05) is 6.54 Å². The second-order valence-corrected chi connectivity index (χ2v) is 3.86. The van der Waals surface area contributed by atoms with Gasteiger partial charge in [-0.05, 0) is 18.6 Å². The Morgan fingerprint density at radius 1 is 1.33 bits per heavy atom. The molecule has 1 aromatic heterocycles. The Balaban J connectivity index is 1.94. The van der Waals surface area contributed by atoms with Crippen molar-refractivity contribution < 1.29 is 14.7 Å². The first-order valence-corrected chi connectivity index (χ1v) is 5.61. The van der Waals surface area contributed by atoms with Crippen LogP contribution in [0.15, 0.2) is 24.3 Å². The number of carbonyl (C=O) groups is 2. The fourth-order valence-electron chi connectivity index (χ4n) is 1.59. The van der Waals surface area contributed by atoms with Gasteiger partial charge in [-0.15, -0.1) is 0 Å². The predicted octanol–water partition coefficient (Wildman–Crippen LogP) is 1.16. The number of rotatable bonds is 5. The van der Waals surface area contributed by atoms with E-state index in [1.54, 1.807) is 0 Å². The van der Waals surface area contributed by atoms with E-state index in [4.69, 9.17) is 5.11 Å². The van der Waals surface area contributed by atoms with Gasteiger partial charge in [0.2, 0.25) is 0 Å². The molecule has 6 nitrogen and oxygen atoms in total. The third-order valence-electron chi connectivity index (χ3n) is 2.46. The number of carboxylic acids is 1. The van der Waals surface area contributed by atoms with Crippen molar-refractivity contribution in [1.82, 2.24) is 15.3 Å². The molecule has 0 spiro atoms. The molecule has 0 aliphatic carbocycles. The highest BCUT2D eigenvalue weighted by atomic mass is 16.4. The molecule has 0 bridgehead atoms. The number of amides is 1. The largest absolute Gasteiger partial charge is 0.481 e. The number of imidazole rings is 1. The summed E-state index contributed by atoms with van der Waals surface area (Å²) in [5.41, 5.74) is 1.53. The van der Waals surface area contributed by atoms with E-state index >= 15 is 0 Å². The molecule has 0 saturated heterocycles. The van der Waals surface area contributed by atoms with Gasteiger partial charge in [-0.2, -0.15) is 0 Å². The SMILES string of the molecule is O=C(O)CCCNC(=O)c1nc2ccccc2[nH]1. The molecule has 6 heteroatoms. The summed E-state index contributed by atoms with van der Waals surface area (Å²) in [5, 5.41) is 11.1. The molecular weight excluding hydrogens is 234 g/mol. The highest BCUT2D eigenvalue weighted by Crippen LogP contribution is 2.09. The van der Waals surface area contributed by atoms with Gasteiger partial charge in [0.15, 0.2) is 5.82 Å². The van der Waals surface area contributed by atoms with E-state index in [2.05, 4.69) is 15.3 Å². The van der Waals surface area contributed by atoms with E-state index in [0.717, 1.165) is 11.0 Å². The van der Waals surface area contributed by atoms with Gasteiger partial charge in [0.25, 0.3) is 5.91 Å². The minimum atomic E-state index is -0.868. The summed E-state index contributed by atoms with van der Waals surface area (Å²) in [7, 11) is 0. The highest BCUT2D eigenvalue weighted by molar-refractivity contribution is 5.94. The summed E-state index contributed by atoms with van der Waals surface area (Å²) in [4.78, 5) is 29.1. The van der Waals surface area contributed by atoms with Crippen LogP contribution in [-0.2, 0) is 4.79 Å². The number of aliphatic carboxylic acids is 1. The van der Waals surface area contributed by atoms with E-state index in [1.165, 1.54) is 0 Å². The molecule has 1 heterocycles. The number of benzene rings is 1. The van der Waals surface area contributed by atoms with Crippen molar-refractivity contribution in [3.63, 3.8) is 0 Å². The summed E-state index contributed by atoms with van der Waals surface area (Å²) < 4.78 is 0. The van der Waals surface area contributed by atoms with Gasteiger partial charge in [-0.3, -0.25) is 9.59 Å². The number of carbonyl (C=O) groups excluding carboxylic acids is 1. The molecule has 0 fully saturated rings. The van der Waals surface area contributed by atoms with Gasteiger partial charge < -0.3 is 15.4 Å². The second-order valence-electron chi connectivity index (χ2n) is 3.86. The standard InChI is InChI=1S/C12H13N3O3/c16-10(17)6-3-7-13-12(18)11-14-8-4-1-2-5-9(8)15-11/h1-2,4-5H,3,6-7H2,(H,13,18)(H,14,15)(H,16,17). The minimum Gasteiger partial charge on any atom is -0.481 e. The molecule has 18 heavy (non-hydrogen) atoms. The lowest BCUT2D eigenvalue weighted by molar-refractivity contribution is -0.137. The van der Waals surface area contributed by atoms with E-state index in [0.29, 0.717) is 13.0 Å². The second kappa shape index (κ2) is 5.31. The lowest BCUT2D eigenvalue weighted by atomic mass is 10.3. The molecular formula is C12H13N3O3. The van der Waals surface area contributed by atoms with Gasteiger partial charge in [0.05, 0.1) is 11.0 Å². The van der Waals surface area contributed by atoms with Crippen LogP contribution in [0, 0.1) is 0 Å². The van der Waals surface area contributed by atoms with Gasteiger partial charge in [0, 0.05) is 13.0 Å². The zero-order valence-corrected chi connectivity index (χ0v) is 9.64. The van der Waals surface area contributed by atoms with Crippen molar-refractivity contribution in [1.29, 1.82) is 0 Å². The van der Waals surface area contributed by atoms with Crippen molar-refractivity contribution in [2.24, 2.45) is 0 Å². The number of aromatic amines is 1. The maximum absolute atomic E-state index is 11.7. The lowest BCUT2D eigenvalue weighted by Gasteiger charge is -2.00. The fourth-order valence-corrected chi connectivity index (χ4v) is 1.59. The van der Waals surface area contributed by atoms with E-state index in [9.17, 15) is 9.59 Å². The average molecular weight is 247 g/mol.